The molecule has 0 radical (unpaired) electrons. The average molecular weight is 208 g/mol. The summed E-state index contributed by atoms with van der Waals surface area (Å²) >= 11 is 0. The lowest BCUT2D eigenvalue weighted by Crippen LogP contribution is -1.92. The van der Waals surface area contributed by atoms with E-state index in [0.717, 1.165) is 0 Å². The van der Waals surface area contributed by atoms with Gasteiger partial charge in [0.1, 0.15) is 11.6 Å². The summed E-state index contributed by atoms with van der Waals surface area (Å²) < 4.78 is 18.3. The summed E-state index contributed by atoms with van der Waals surface area (Å²) in [5.41, 5.74) is 1.09. The number of allylic oxidation sites excluding steroid dienone is 1. The van der Waals surface area contributed by atoms with Crippen LogP contribution in [-0.4, -0.2) is 12.9 Å². The third-order valence-electron chi connectivity index (χ3n) is 2.01. The SMILES string of the molecule is COc1cc(C)c(F)cc1/C=C/C(C)=O. The van der Waals surface area contributed by atoms with Crippen LogP contribution in [0.25, 0.3) is 6.08 Å². The van der Waals surface area contributed by atoms with Crippen molar-refractivity contribution in [3.05, 3.63) is 35.2 Å². The Bertz CT molecular complexity index is 408. The number of methoxy groups -OCH3 is 1. The molecule has 0 saturated heterocycles. The van der Waals surface area contributed by atoms with Crippen molar-refractivity contribution in [2.24, 2.45) is 0 Å². The number of ether oxygens (including phenoxy) is 1. The van der Waals surface area contributed by atoms with Crippen LogP contribution in [0.4, 0.5) is 4.39 Å². The molecule has 0 saturated carbocycles. The number of rotatable bonds is 3. The van der Waals surface area contributed by atoms with Crippen molar-refractivity contribution >= 4 is 11.9 Å². The molecule has 0 aliphatic heterocycles. The van der Waals surface area contributed by atoms with Crippen molar-refractivity contribution in [1.82, 2.24) is 0 Å². The predicted octanol–water partition coefficient (Wildman–Crippen LogP) is 2.74. The first-order valence-electron chi connectivity index (χ1n) is 4.57. The molecule has 1 aromatic carbocycles. The van der Waals surface area contributed by atoms with Crippen LogP contribution < -0.4 is 4.74 Å². The van der Waals surface area contributed by atoms with Crippen LogP contribution in [0.5, 0.6) is 5.75 Å². The number of hydrogen-bond acceptors (Lipinski definition) is 2. The molecule has 0 aliphatic carbocycles. The summed E-state index contributed by atoms with van der Waals surface area (Å²) in [5, 5.41) is 0. The fourth-order valence-electron chi connectivity index (χ4n) is 1.18. The molecule has 0 N–H and O–H groups in total. The largest absolute Gasteiger partial charge is 0.496 e. The van der Waals surface area contributed by atoms with Gasteiger partial charge in [0.2, 0.25) is 0 Å². The highest BCUT2D eigenvalue weighted by Gasteiger charge is 2.05. The Labute approximate surface area is 88.4 Å². The molecule has 0 unspecified atom stereocenters. The van der Waals surface area contributed by atoms with Crippen LogP contribution in [0.2, 0.25) is 0 Å². The van der Waals surface area contributed by atoms with E-state index in [1.54, 1.807) is 19.1 Å². The van der Waals surface area contributed by atoms with Crippen molar-refractivity contribution in [3.63, 3.8) is 0 Å². The van der Waals surface area contributed by atoms with Gasteiger partial charge in [0.25, 0.3) is 0 Å². The lowest BCUT2D eigenvalue weighted by atomic mass is 10.1. The molecular weight excluding hydrogens is 195 g/mol. The molecular formula is C12H13FO2. The first kappa shape index (κ1) is 11.4. The smallest absolute Gasteiger partial charge is 0.152 e. The lowest BCUT2D eigenvalue weighted by molar-refractivity contribution is -0.112. The van der Waals surface area contributed by atoms with Crippen molar-refractivity contribution in [1.29, 1.82) is 0 Å². The molecule has 2 nitrogen and oxygen atoms in total. The molecule has 3 heteroatoms. The van der Waals surface area contributed by atoms with Gasteiger partial charge in [0.05, 0.1) is 7.11 Å². The highest BCUT2D eigenvalue weighted by atomic mass is 19.1. The minimum absolute atomic E-state index is 0.0852. The number of benzene rings is 1. The summed E-state index contributed by atoms with van der Waals surface area (Å²) in [4.78, 5) is 10.7. The van der Waals surface area contributed by atoms with Gasteiger partial charge in [-0.05, 0) is 43.7 Å². The van der Waals surface area contributed by atoms with Crippen LogP contribution in [0, 0.1) is 12.7 Å². The molecule has 0 fully saturated rings. The molecule has 0 amide bonds. The van der Waals surface area contributed by atoms with Crippen molar-refractivity contribution < 1.29 is 13.9 Å². The van der Waals surface area contributed by atoms with Crippen LogP contribution >= 0.6 is 0 Å². The van der Waals surface area contributed by atoms with Gasteiger partial charge >= 0.3 is 0 Å². The summed E-state index contributed by atoms with van der Waals surface area (Å²) in [5.74, 6) is 0.170. The molecule has 80 valence electrons. The van der Waals surface area contributed by atoms with Crippen LogP contribution in [0.15, 0.2) is 18.2 Å². The van der Waals surface area contributed by atoms with Gasteiger partial charge in [-0.1, -0.05) is 0 Å². The Kier molecular flexibility index (Phi) is 3.61. The fourth-order valence-corrected chi connectivity index (χ4v) is 1.18. The monoisotopic (exact) mass is 208 g/mol. The molecule has 0 aromatic heterocycles. The van der Waals surface area contributed by atoms with E-state index in [4.69, 9.17) is 4.74 Å². The van der Waals surface area contributed by atoms with E-state index < -0.39 is 0 Å². The first-order chi connectivity index (χ1) is 7.04. The van der Waals surface area contributed by atoms with E-state index >= 15 is 0 Å². The number of aryl methyl sites for hydroxylation is 1. The molecule has 1 rings (SSSR count). The van der Waals surface area contributed by atoms with Gasteiger partial charge in [0.15, 0.2) is 5.78 Å². The Balaban J connectivity index is 3.16. The second kappa shape index (κ2) is 4.73. The number of ketones is 1. The van der Waals surface area contributed by atoms with E-state index in [1.807, 2.05) is 0 Å². The summed E-state index contributed by atoms with van der Waals surface area (Å²) in [6.45, 7) is 3.10. The molecule has 0 aliphatic rings. The topological polar surface area (TPSA) is 26.3 Å². The van der Waals surface area contributed by atoms with E-state index in [9.17, 15) is 9.18 Å². The molecule has 0 atom stereocenters. The predicted molar refractivity (Wildman–Crippen MR) is 57.4 cm³/mol. The van der Waals surface area contributed by atoms with Crippen molar-refractivity contribution in [2.75, 3.05) is 7.11 Å². The Morgan fingerprint density at radius 2 is 2.13 bits per heavy atom. The number of hydrogen-bond donors (Lipinski definition) is 0. The first-order valence-corrected chi connectivity index (χ1v) is 4.57. The van der Waals surface area contributed by atoms with Gasteiger partial charge in [-0.3, -0.25) is 4.79 Å². The third kappa shape index (κ3) is 2.91. The third-order valence-corrected chi connectivity index (χ3v) is 2.01. The van der Waals surface area contributed by atoms with Gasteiger partial charge in [-0.25, -0.2) is 4.39 Å². The van der Waals surface area contributed by atoms with Gasteiger partial charge in [0, 0.05) is 5.56 Å². The quantitative estimate of drug-likeness (QED) is 0.714. The average Bonchev–Trinajstić information content (AvgIpc) is 2.19. The zero-order chi connectivity index (χ0) is 11.4. The second-order valence-electron chi connectivity index (χ2n) is 3.29. The zero-order valence-electron chi connectivity index (χ0n) is 9.00. The minimum Gasteiger partial charge on any atom is -0.496 e. The highest BCUT2D eigenvalue weighted by Crippen LogP contribution is 2.23. The van der Waals surface area contributed by atoms with E-state index in [2.05, 4.69) is 0 Å². The molecule has 0 spiro atoms. The molecule has 1 aromatic rings. The fraction of sp³-hybridized carbons (Fsp3) is 0.250. The van der Waals surface area contributed by atoms with E-state index in [0.29, 0.717) is 16.9 Å². The highest BCUT2D eigenvalue weighted by molar-refractivity contribution is 5.91. The normalized spacial score (nSPS) is 10.7. The molecule has 15 heavy (non-hydrogen) atoms. The summed E-state index contributed by atoms with van der Waals surface area (Å²) in [6.07, 6.45) is 2.93. The molecule has 0 bridgehead atoms. The van der Waals surface area contributed by atoms with E-state index in [1.165, 1.54) is 26.2 Å². The molecule has 0 heterocycles. The maximum atomic E-state index is 13.2. The van der Waals surface area contributed by atoms with Crippen LogP contribution in [0.1, 0.15) is 18.1 Å². The number of carbonyl (C=O) groups excluding carboxylic acids is 1. The van der Waals surface area contributed by atoms with Gasteiger partial charge in [-0.15, -0.1) is 0 Å². The maximum Gasteiger partial charge on any atom is 0.152 e. The summed E-state index contributed by atoms with van der Waals surface area (Å²) in [6, 6.07) is 2.96. The van der Waals surface area contributed by atoms with Gasteiger partial charge in [-0.2, -0.15) is 0 Å². The maximum absolute atomic E-state index is 13.2. The van der Waals surface area contributed by atoms with Crippen molar-refractivity contribution in [3.8, 4) is 5.75 Å². The number of carbonyl (C=O) groups is 1. The second-order valence-corrected chi connectivity index (χ2v) is 3.29. The Morgan fingerprint density at radius 1 is 1.47 bits per heavy atom. The Hall–Kier alpha value is -1.64. The van der Waals surface area contributed by atoms with E-state index in [-0.39, 0.29) is 11.6 Å². The number of halogens is 1. The van der Waals surface area contributed by atoms with Crippen LogP contribution in [-0.2, 0) is 4.79 Å². The van der Waals surface area contributed by atoms with Crippen molar-refractivity contribution in [2.45, 2.75) is 13.8 Å². The standard InChI is InChI=1S/C12H13FO2/c1-8-6-12(15-3)10(7-11(8)13)5-4-9(2)14/h4-7H,1-3H3/b5-4+. The van der Waals surface area contributed by atoms with Crippen LogP contribution in [0.3, 0.4) is 0 Å². The van der Waals surface area contributed by atoms with Gasteiger partial charge < -0.3 is 4.74 Å². The lowest BCUT2D eigenvalue weighted by Gasteiger charge is -2.06. The summed E-state index contributed by atoms with van der Waals surface area (Å²) in [7, 11) is 1.51. The Morgan fingerprint density at radius 3 is 2.67 bits per heavy atom. The zero-order valence-corrected chi connectivity index (χ0v) is 9.00. The minimum atomic E-state index is -0.306.